The normalized spacial score (nSPS) is 13.6. The Morgan fingerprint density at radius 3 is 2.73 bits per heavy atom. The van der Waals surface area contributed by atoms with Gasteiger partial charge in [-0.25, -0.2) is 8.42 Å². The molecule has 0 saturated heterocycles. The molecule has 0 bridgehead atoms. The monoisotopic (exact) mass is 446 g/mol. The second kappa shape index (κ2) is 8.96. The van der Waals surface area contributed by atoms with Gasteiger partial charge in [0.05, 0.1) is 10.6 Å². The highest BCUT2D eigenvalue weighted by Gasteiger charge is 2.27. The Balaban J connectivity index is 2.08. The Hall–Kier alpha value is -1.45. The molecule has 0 unspecified atom stereocenters. The fourth-order valence-electron chi connectivity index (χ4n) is 2.82. The number of nitrogens with one attached hydrogen (secondary N) is 1. The SMILES string of the molecule is COCCCNC(=O)CCS(=O)(=O)c1cc2c(cc1Br)CCN2C(C)=O. The summed E-state index contributed by atoms with van der Waals surface area (Å²) in [6.45, 7) is 2.99. The first kappa shape index (κ1) is 20.9. The van der Waals surface area contributed by atoms with Crippen LogP contribution in [0.3, 0.4) is 0 Å². The van der Waals surface area contributed by atoms with E-state index in [0.717, 1.165) is 5.56 Å². The zero-order valence-electron chi connectivity index (χ0n) is 14.9. The first-order chi connectivity index (χ1) is 12.3. The van der Waals surface area contributed by atoms with Gasteiger partial charge in [0.25, 0.3) is 0 Å². The summed E-state index contributed by atoms with van der Waals surface area (Å²) in [5.74, 6) is -0.724. The molecule has 1 aliphatic heterocycles. The summed E-state index contributed by atoms with van der Waals surface area (Å²) in [6.07, 6.45) is 1.25. The van der Waals surface area contributed by atoms with Crippen molar-refractivity contribution in [2.75, 3.05) is 37.5 Å². The number of anilines is 1. The molecule has 0 aliphatic carbocycles. The third-order valence-corrected chi connectivity index (χ3v) is 6.86. The zero-order valence-corrected chi connectivity index (χ0v) is 17.3. The number of nitrogens with zero attached hydrogens (tertiary/aromatic N) is 1. The van der Waals surface area contributed by atoms with Gasteiger partial charge in [-0.1, -0.05) is 0 Å². The summed E-state index contributed by atoms with van der Waals surface area (Å²) in [6, 6.07) is 3.27. The van der Waals surface area contributed by atoms with Crippen molar-refractivity contribution >= 4 is 43.3 Å². The molecule has 0 spiro atoms. The molecule has 1 aromatic carbocycles. The number of rotatable bonds is 8. The molecular formula is C17H23BrN2O5S. The second-order valence-corrected chi connectivity index (χ2v) is 9.03. The molecule has 7 nitrogen and oxygen atoms in total. The molecule has 2 rings (SSSR count). The van der Waals surface area contributed by atoms with Crippen molar-refractivity contribution in [3.05, 3.63) is 22.2 Å². The number of carbonyl (C=O) groups excluding carboxylic acids is 2. The number of hydrogen-bond donors (Lipinski definition) is 1. The molecule has 26 heavy (non-hydrogen) atoms. The van der Waals surface area contributed by atoms with Crippen LogP contribution >= 0.6 is 15.9 Å². The number of ether oxygens (including phenoxy) is 1. The third-order valence-electron chi connectivity index (χ3n) is 4.19. The van der Waals surface area contributed by atoms with Crippen molar-refractivity contribution in [3.8, 4) is 0 Å². The van der Waals surface area contributed by atoms with Gasteiger partial charge in [-0.3, -0.25) is 9.59 Å². The Morgan fingerprint density at radius 2 is 2.08 bits per heavy atom. The number of fused-ring (bicyclic) bond motifs is 1. The van der Waals surface area contributed by atoms with Crippen LogP contribution in [0.25, 0.3) is 0 Å². The van der Waals surface area contributed by atoms with Crippen molar-refractivity contribution in [2.24, 2.45) is 0 Å². The zero-order chi connectivity index (χ0) is 19.3. The van der Waals surface area contributed by atoms with Crippen LogP contribution in [0.1, 0.15) is 25.3 Å². The second-order valence-electron chi connectivity index (χ2n) is 6.10. The highest BCUT2D eigenvalue weighted by molar-refractivity contribution is 9.10. The largest absolute Gasteiger partial charge is 0.385 e. The lowest BCUT2D eigenvalue weighted by Gasteiger charge is -2.16. The van der Waals surface area contributed by atoms with Crippen LogP contribution in [0.15, 0.2) is 21.5 Å². The van der Waals surface area contributed by atoms with Crippen LogP contribution in [0, 0.1) is 0 Å². The summed E-state index contributed by atoms with van der Waals surface area (Å²) < 4.78 is 30.7. The van der Waals surface area contributed by atoms with Crippen molar-refractivity contribution in [3.63, 3.8) is 0 Å². The van der Waals surface area contributed by atoms with Gasteiger partial charge in [-0.05, 0) is 46.5 Å². The minimum atomic E-state index is -3.66. The summed E-state index contributed by atoms with van der Waals surface area (Å²) >= 11 is 3.31. The molecule has 9 heteroatoms. The maximum atomic E-state index is 12.7. The first-order valence-electron chi connectivity index (χ1n) is 8.35. The maximum absolute atomic E-state index is 12.7. The van der Waals surface area contributed by atoms with Crippen LogP contribution in [0.4, 0.5) is 5.69 Å². The van der Waals surface area contributed by atoms with E-state index < -0.39 is 9.84 Å². The van der Waals surface area contributed by atoms with Crippen molar-refractivity contribution in [1.29, 1.82) is 0 Å². The van der Waals surface area contributed by atoms with E-state index in [9.17, 15) is 18.0 Å². The van der Waals surface area contributed by atoms with Gasteiger partial charge in [-0.2, -0.15) is 0 Å². The predicted octanol–water partition coefficient (Wildman–Crippen LogP) is 1.67. The van der Waals surface area contributed by atoms with E-state index in [1.165, 1.54) is 13.0 Å². The number of amides is 2. The average Bonchev–Trinajstić information content (AvgIpc) is 2.99. The van der Waals surface area contributed by atoms with Crippen LogP contribution in [0.2, 0.25) is 0 Å². The van der Waals surface area contributed by atoms with E-state index in [-0.39, 0.29) is 28.9 Å². The fourth-order valence-corrected chi connectivity index (χ4v) is 5.28. The van der Waals surface area contributed by atoms with Crippen LogP contribution in [-0.4, -0.2) is 52.8 Å². The molecule has 144 valence electrons. The molecule has 0 saturated carbocycles. The molecule has 0 aromatic heterocycles. The topological polar surface area (TPSA) is 92.8 Å². The Kier molecular flexibility index (Phi) is 7.19. The maximum Gasteiger partial charge on any atom is 0.223 e. The number of methoxy groups -OCH3 is 1. The lowest BCUT2D eigenvalue weighted by Crippen LogP contribution is -2.27. The number of hydrogen-bond acceptors (Lipinski definition) is 5. The summed E-state index contributed by atoms with van der Waals surface area (Å²) in [7, 11) is -2.08. The summed E-state index contributed by atoms with van der Waals surface area (Å²) in [4.78, 5) is 25.2. The standard InChI is InChI=1S/C17H23BrN2O5S/c1-12(21)20-7-4-13-10-14(18)16(11-15(13)20)26(23,24)9-5-17(22)19-6-3-8-25-2/h10-11H,3-9H2,1-2H3,(H,19,22). The first-order valence-corrected chi connectivity index (χ1v) is 10.8. The highest BCUT2D eigenvalue weighted by atomic mass is 79.9. The number of carbonyl (C=O) groups is 2. The minimum absolute atomic E-state index is 0.108. The van der Waals surface area contributed by atoms with Gasteiger partial charge < -0.3 is 15.0 Å². The highest BCUT2D eigenvalue weighted by Crippen LogP contribution is 2.35. The Morgan fingerprint density at radius 1 is 1.35 bits per heavy atom. The van der Waals surface area contributed by atoms with Crippen molar-refractivity contribution in [2.45, 2.75) is 31.1 Å². The molecule has 0 atom stereocenters. The molecular weight excluding hydrogens is 424 g/mol. The van der Waals surface area contributed by atoms with Gasteiger partial charge in [0.2, 0.25) is 11.8 Å². The van der Waals surface area contributed by atoms with E-state index in [1.807, 2.05) is 0 Å². The minimum Gasteiger partial charge on any atom is -0.385 e. The van der Waals surface area contributed by atoms with Crippen LogP contribution in [-0.2, 0) is 30.6 Å². The quantitative estimate of drug-likeness (QED) is 0.613. The van der Waals surface area contributed by atoms with Crippen LogP contribution in [0.5, 0.6) is 0 Å². The van der Waals surface area contributed by atoms with Gasteiger partial charge in [-0.15, -0.1) is 0 Å². The van der Waals surface area contributed by atoms with E-state index in [1.54, 1.807) is 18.1 Å². The summed E-state index contributed by atoms with van der Waals surface area (Å²) in [5.41, 5.74) is 1.56. The van der Waals surface area contributed by atoms with Gasteiger partial charge in [0.1, 0.15) is 0 Å². The van der Waals surface area contributed by atoms with Gasteiger partial charge in [0, 0.05) is 50.3 Å². The molecule has 1 aliphatic rings. The van der Waals surface area contributed by atoms with E-state index >= 15 is 0 Å². The fraction of sp³-hybridized carbons (Fsp3) is 0.529. The smallest absolute Gasteiger partial charge is 0.223 e. The number of benzene rings is 1. The summed E-state index contributed by atoms with van der Waals surface area (Å²) in [5, 5.41) is 2.67. The number of halogens is 1. The molecule has 0 fully saturated rings. The third kappa shape index (κ3) is 5.05. The Labute approximate surface area is 162 Å². The van der Waals surface area contributed by atoms with E-state index in [0.29, 0.717) is 42.7 Å². The van der Waals surface area contributed by atoms with Gasteiger partial charge in [0.15, 0.2) is 9.84 Å². The van der Waals surface area contributed by atoms with E-state index in [2.05, 4.69) is 21.2 Å². The molecule has 1 heterocycles. The van der Waals surface area contributed by atoms with E-state index in [4.69, 9.17) is 4.74 Å². The number of sulfone groups is 1. The molecule has 1 aromatic rings. The average molecular weight is 447 g/mol. The Bertz CT molecular complexity index is 795. The lowest BCUT2D eigenvalue weighted by atomic mass is 10.2. The van der Waals surface area contributed by atoms with Crippen molar-refractivity contribution < 1.29 is 22.7 Å². The molecule has 0 radical (unpaired) electrons. The van der Waals surface area contributed by atoms with Crippen LogP contribution < -0.4 is 10.2 Å². The van der Waals surface area contributed by atoms with Gasteiger partial charge >= 0.3 is 0 Å². The molecule has 1 N–H and O–H groups in total. The predicted molar refractivity (Wildman–Crippen MR) is 102 cm³/mol. The lowest BCUT2D eigenvalue weighted by molar-refractivity contribution is -0.120. The van der Waals surface area contributed by atoms with Crippen molar-refractivity contribution in [1.82, 2.24) is 5.32 Å². The molecule has 2 amide bonds.